The van der Waals surface area contributed by atoms with Crippen LogP contribution in [0.25, 0.3) is 0 Å². The second-order valence-electron chi connectivity index (χ2n) is 6.83. The van der Waals surface area contributed by atoms with Crippen molar-refractivity contribution in [3.63, 3.8) is 0 Å². The third kappa shape index (κ3) is 4.52. The Balaban J connectivity index is 2.09. The topological polar surface area (TPSA) is 41.5 Å². The van der Waals surface area contributed by atoms with Crippen LogP contribution in [0.15, 0.2) is 53.6 Å². The van der Waals surface area contributed by atoms with Crippen LogP contribution in [-0.2, 0) is 5.41 Å². The third-order valence-electron chi connectivity index (χ3n) is 3.77. The normalized spacial score (nSPS) is 12.1. The number of nitrogens with one attached hydrogen (secondary N) is 1. The molecule has 0 bridgehead atoms. The second-order valence-corrected chi connectivity index (χ2v) is 6.83. The van der Waals surface area contributed by atoms with E-state index in [1.165, 1.54) is 5.56 Å². The molecule has 0 aliphatic heterocycles. The molecule has 2 rings (SSSR count). The molecule has 23 heavy (non-hydrogen) atoms. The van der Waals surface area contributed by atoms with Gasteiger partial charge in [-0.05, 0) is 42.5 Å². The number of amides is 1. The number of nitrogens with zero attached hydrogens (tertiary/aromatic N) is 1. The summed E-state index contributed by atoms with van der Waals surface area (Å²) >= 11 is 0. The molecule has 0 radical (unpaired) electrons. The van der Waals surface area contributed by atoms with Crippen molar-refractivity contribution < 1.29 is 4.79 Å². The molecule has 3 heteroatoms. The van der Waals surface area contributed by atoms with E-state index in [0.29, 0.717) is 5.56 Å². The maximum Gasteiger partial charge on any atom is 0.271 e. The van der Waals surface area contributed by atoms with E-state index >= 15 is 0 Å². The number of aryl methyl sites for hydroxylation is 1. The number of hydrazone groups is 1. The molecule has 0 heterocycles. The molecule has 2 aromatic carbocycles. The number of rotatable bonds is 3. The predicted octanol–water partition coefficient (Wildman–Crippen LogP) is 4.45. The summed E-state index contributed by atoms with van der Waals surface area (Å²) in [7, 11) is 0. The van der Waals surface area contributed by atoms with Gasteiger partial charge in [-0.2, -0.15) is 5.10 Å². The average Bonchev–Trinajstić information content (AvgIpc) is 2.51. The first-order chi connectivity index (χ1) is 10.8. The highest BCUT2D eigenvalue weighted by Gasteiger charge is 2.13. The summed E-state index contributed by atoms with van der Waals surface area (Å²) in [4.78, 5) is 12.1. The lowest BCUT2D eigenvalue weighted by Crippen LogP contribution is -2.19. The molecule has 0 saturated heterocycles. The van der Waals surface area contributed by atoms with Crippen LogP contribution >= 0.6 is 0 Å². The fourth-order valence-corrected chi connectivity index (χ4v) is 2.26. The summed E-state index contributed by atoms with van der Waals surface area (Å²) in [5.41, 5.74) is 7.48. The molecule has 0 saturated carbocycles. The Labute approximate surface area is 138 Å². The van der Waals surface area contributed by atoms with Crippen molar-refractivity contribution in [1.82, 2.24) is 5.43 Å². The Kier molecular flexibility index (Phi) is 4.99. The van der Waals surface area contributed by atoms with Gasteiger partial charge < -0.3 is 0 Å². The van der Waals surface area contributed by atoms with Crippen molar-refractivity contribution in [2.75, 3.05) is 0 Å². The maximum atomic E-state index is 12.1. The standard InChI is InChI=1S/C20H24N2O/c1-14-7-6-8-17(13-14)19(23)22-21-15(2)16-9-11-18(12-10-16)20(3,4)5/h6-13H,1-5H3,(H,22,23)/b21-15-. The van der Waals surface area contributed by atoms with Crippen LogP contribution < -0.4 is 5.43 Å². The van der Waals surface area contributed by atoms with Crippen LogP contribution in [0, 0.1) is 6.92 Å². The van der Waals surface area contributed by atoms with Gasteiger partial charge in [0.1, 0.15) is 0 Å². The molecule has 120 valence electrons. The van der Waals surface area contributed by atoms with E-state index in [1.807, 2.05) is 44.2 Å². The summed E-state index contributed by atoms with van der Waals surface area (Å²) in [6, 6.07) is 15.8. The van der Waals surface area contributed by atoms with Crippen molar-refractivity contribution in [1.29, 1.82) is 0 Å². The summed E-state index contributed by atoms with van der Waals surface area (Å²) in [6.07, 6.45) is 0. The first-order valence-electron chi connectivity index (χ1n) is 7.79. The van der Waals surface area contributed by atoms with E-state index in [9.17, 15) is 4.79 Å². The molecule has 0 unspecified atom stereocenters. The van der Waals surface area contributed by atoms with E-state index < -0.39 is 0 Å². The van der Waals surface area contributed by atoms with Gasteiger partial charge in [-0.3, -0.25) is 4.79 Å². The van der Waals surface area contributed by atoms with E-state index in [0.717, 1.165) is 16.8 Å². The van der Waals surface area contributed by atoms with Gasteiger partial charge in [0.25, 0.3) is 5.91 Å². The Morgan fingerprint density at radius 1 is 1.00 bits per heavy atom. The zero-order valence-corrected chi connectivity index (χ0v) is 14.5. The highest BCUT2D eigenvalue weighted by atomic mass is 16.2. The van der Waals surface area contributed by atoms with Crippen LogP contribution in [0.2, 0.25) is 0 Å². The van der Waals surface area contributed by atoms with E-state index in [-0.39, 0.29) is 11.3 Å². The molecular weight excluding hydrogens is 284 g/mol. The summed E-state index contributed by atoms with van der Waals surface area (Å²) in [5.74, 6) is -0.195. The highest BCUT2D eigenvalue weighted by molar-refractivity contribution is 6.00. The summed E-state index contributed by atoms with van der Waals surface area (Å²) < 4.78 is 0. The van der Waals surface area contributed by atoms with Crippen molar-refractivity contribution in [3.8, 4) is 0 Å². The Morgan fingerprint density at radius 2 is 1.65 bits per heavy atom. The lowest BCUT2D eigenvalue weighted by molar-refractivity contribution is 0.0954. The number of hydrogen-bond donors (Lipinski definition) is 1. The minimum atomic E-state index is -0.195. The molecule has 1 amide bonds. The molecule has 2 aromatic rings. The van der Waals surface area contributed by atoms with Gasteiger partial charge >= 0.3 is 0 Å². The fourth-order valence-electron chi connectivity index (χ4n) is 2.26. The largest absolute Gasteiger partial charge is 0.271 e. The minimum Gasteiger partial charge on any atom is -0.267 e. The number of carbonyl (C=O) groups excluding carboxylic acids is 1. The Hall–Kier alpha value is -2.42. The molecule has 0 aromatic heterocycles. The molecule has 0 aliphatic carbocycles. The monoisotopic (exact) mass is 308 g/mol. The van der Waals surface area contributed by atoms with Gasteiger partial charge in [0.2, 0.25) is 0 Å². The first-order valence-corrected chi connectivity index (χ1v) is 7.79. The quantitative estimate of drug-likeness (QED) is 0.660. The smallest absolute Gasteiger partial charge is 0.267 e. The van der Waals surface area contributed by atoms with Crippen molar-refractivity contribution in [2.45, 2.75) is 40.0 Å². The third-order valence-corrected chi connectivity index (χ3v) is 3.77. The van der Waals surface area contributed by atoms with Crippen molar-refractivity contribution in [2.24, 2.45) is 5.10 Å². The van der Waals surface area contributed by atoms with Crippen molar-refractivity contribution >= 4 is 11.6 Å². The van der Waals surface area contributed by atoms with Crippen LogP contribution in [0.1, 0.15) is 54.7 Å². The average molecular weight is 308 g/mol. The number of benzene rings is 2. The van der Waals surface area contributed by atoms with E-state index in [4.69, 9.17) is 0 Å². The lowest BCUT2D eigenvalue weighted by atomic mass is 9.86. The molecule has 0 spiro atoms. The van der Waals surface area contributed by atoms with Gasteiger partial charge in [0, 0.05) is 5.56 Å². The first kappa shape index (κ1) is 16.9. The van der Waals surface area contributed by atoms with Gasteiger partial charge in [0.05, 0.1) is 5.71 Å². The summed E-state index contributed by atoms with van der Waals surface area (Å²) in [6.45, 7) is 10.4. The molecule has 3 nitrogen and oxygen atoms in total. The molecular formula is C20H24N2O. The molecule has 0 fully saturated rings. The van der Waals surface area contributed by atoms with E-state index in [2.05, 4.69) is 43.4 Å². The molecule has 0 atom stereocenters. The maximum absolute atomic E-state index is 12.1. The number of hydrogen-bond acceptors (Lipinski definition) is 2. The van der Waals surface area contributed by atoms with Crippen molar-refractivity contribution in [3.05, 3.63) is 70.8 Å². The van der Waals surface area contributed by atoms with Crippen LogP contribution in [0.3, 0.4) is 0 Å². The van der Waals surface area contributed by atoms with Gasteiger partial charge in [-0.15, -0.1) is 0 Å². The zero-order chi connectivity index (χ0) is 17.0. The second kappa shape index (κ2) is 6.78. The van der Waals surface area contributed by atoms with Crippen LogP contribution in [-0.4, -0.2) is 11.6 Å². The van der Waals surface area contributed by atoms with E-state index in [1.54, 1.807) is 6.07 Å². The Bertz CT molecular complexity index is 722. The van der Waals surface area contributed by atoms with Crippen LogP contribution in [0.4, 0.5) is 0 Å². The summed E-state index contributed by atoms with van der Waals surface area (Å²) in [5, 5.41) is 4.21. The molecule has 0 aliphatic rings. The fraction of sp³-hybridized carbons (Fsp3) is 0.300. The van der Waals surface area contributed by atoms with Gasteiger partial charge in [-0.1, -0.05) is 62.7 Å². The minimum absolute atomic E-state index is 0.128. The molecule has 1 N–H and O–H groups in total. The van der Waals surface area contributed by atoms with Crippen LogP contribution in [0.5, 0.6) is 0 Å². The van der Waals surface area contributed by atoms with Gasteiger partial charge in [-0.25, -0.2) is 5.43 Å². The SMILES string of the molecule is C/C(=N/NC(=O)c1cccc(C)c1)c1ccc(C(C)(C)C)cc1. The Morgan fingerprint density at radius 3 is 2.22 bits per heavy atom. The zero-order valence-electron chi connectivity index (χ0n) is 14.5. The predicted molar refractivity (Wildman–Crippen MR) is 96.0 cm³/mol. The highest BCUT2D eigenvalue weighted by Crippen LogP contribution is 2.22. The lowest BCUT2D eigenvalue weighted by Gasteiger charge is -2.19. The van der Waals surface area contributed by atoms with Gasteiger partial charge in [0.15, 0.2) is 0 Å². The number of carbonyl (C=O) groups is 1.